The number of benzene rings is 4. The number of carboxylic acid groups (broad SMARTS) is 2. The molecule has 10 rings (SSSR count). The van der Waals surface area contributed by atoms with Crippen molar-refractivity contribution in [3.8, 4) is 23.3 Å². The fourth-order valence-electron chi connectivity index (χ4n) is 9.74. The largest absolute Gasteiger partial charge is 0.494 e. The minimum Gasteiger partial charge on any atom is -0.494 e. The molecule has 4 aromatic carbocycles. The van der Waals surface area contributed by atoms with Crippen molar-refractivity contribution in [2.24, 2.45) is 5.41 Å². The molecular formula is C56H60N6O8S2. The summed E-state index contributed by atoms with van der Waals surface area (Å²) in [6.45, 7) is 10.4. The SMILES string of the molecule is O=C(O)CC(COc1ccc2ccc(OCCCCN3CCN(c4cccc5sccc45)CC3)cc2n1)(COc1ccc2ccc(OCCCCN3CCN(c4cccc5sccc45)CC3)cc2n1)C(=O)O. The molecule has 2 saturated heterocycles. The molecule has 2 aliphatic heterocycles. The lowest BCUT2D eigenvalue weighted by atomic mass is 9.86. The second-order valence-electron chi connectivity index (χ2n) is 18.7. The van der Waals surface area contributed by atoms with E-state index >= 15 is 0 Å². The van der Waals surface area contributed by atoms with E-state index in [-0.39, 0.29) is 11.8 Å². The molecule has 16 heteroatoms. The highest BCUT2D eigenvalue weighted by atomic mass is 32.1. The number of pyridine rings is 2. The number of rotatable bonds is 23. The molecule has 14 nitrogen and oxygen atoms in total. The first-order valence-electron chi connectivity index (χ1n) is 24.9. The molecule has 72 heavy (non-hydrogen) atoms. The van der Waals surface area contributed by atoms with Gasteiger partial charge in [0.1, 0.15) is 30.1 Å². The Bertz CT molecular complexity index is 2940. The fourth-order valence-corrected chi connectivity index (χ4v) is 11.4. The van der Waals surface area contributed by atoms with Gasteiger partial charge in [-0.3, -0.25) is 19.4 Å². The van der Waals surface area contributed by atoms with E-state index in [0.717, 1.165) is 102 Å². The van der Waals surface area contributed by atoms with Crippen LogP contribution in [0.5, 0.6) is 23.3 Å². The smallest absolute Gasteiger partial charge is 0.317 e. The average molecular weight is 1010 g/mol. The zero-order chi connectivity index (χ0) is 49.3. The van der Waals surface area contributed by atoms with E-state index in [9.17, 15) is 19.8 Å². The molecule has 0 radical (unpaired) electrons. The minimum absolute atomic E-state index is 0.153. The van der Waals surface area contributed by atoms with Crippen LogP contribution in [0.15, 0.2) is 120 Å². The van der Waals surface area contributed by atoms with Crippen molar-refractivity contribution in [1.29, 1.82) is 0 Å². The van der Waals surface area contributed by atoms with Gasteiger partial charge in [-0.1, -0.05) is 12.1 Å². The Labute approximate surface area is 426 Å². The number of hydrogen-bond donors (Lipinski definition) is 2. The van der Waals surface area contributed by atoms with Crippen molar-refractivity contribution in [3.63, 3.8) is 0 Å². The molecule has 0 spiro atoms. The van der Waals surface area contributed by atoms with Crippen molar-refractivity contribution in [2.45, 2.75) is 32.1 Å². The third-order valence-electron chi connectivity index (χ3n) is 13.9. The summed E-state index contributed by atoms with van der Waals surface area (Å²) in [5, 5.41) is 29.1. The number of unbranched alkanes of at least 4 members (excludes halogenated alkanes) is 2. The van der Waals surface area contributed by atoms with E-state index in [1.54, 1.807) is 34.8 Å². The van der Waals surface area contributed by atoms with E-state index in [0.29, 0.717) is 35.7 Å². The summed E-state index contributed by atoms with van der Waals surface area (Å²) in [7, 11) is 0. The van der Waals surface area contributed by atoms with Gasteiger partial charge in [-0.25, -0.2) is 9.97 Å². The van der Waals surface area contributed by atoms with Crippen LogP contribution in [0, 0.1) is 5.41 Å². The van der Waals surface area contributed by atoms with Crippen molar-refractivity contribution in [3.05, 3.63) is 120 Å². The summed E-state index contributed by atoms with van der Waals surface area (Å²) < 4.78 is 26.9. The zero-order valence-electron chi connectivity index (χ0n) is 40.3. The quantitative estimate of drug-likeness (QED) is 0.0585. The summed E-state index contributed by atoms with van der Waals surface area (Å²) in [6.07, 6.45) is 3.12. The molecule has 0 saturated carbocycles. The number of piperazine rings is 2. The van der Waals surface area contributed by atoms with Gasteiger partial charge < -0.3 is 39.0 Å². The molecule has 2 N–H and O–H groups in total. The van der Waals surface area contributed by atoms with Gasteiger partial charge >= 0.3 is 11.9 Å². The standard InChI is InChI=1S/C56H60N6O8S2/c63-54(64)37-56(55(65)66,38-69-52-17-13-40-11-15-42(35-46(40)57-52)67-31-3-1-21-59-23-27-61(28-24-59)48-7-5-9-50-44(48)19-33-71-50)39-70-53-18-14-41-12-16-43(36-47(41)58-53)68-32-4-2-22-60-25-29-62(30-26-60)49-8-6-10-51-45(49)20-34-72-51/h5-20,33-36H,1-4,21-32,37-39H2,(H,63,64)(H,65,66). The second kappa shape index (κ2) is 22.8. The number of aliphatic carboxylic acids is 2. The minimum atomic E-state index is -1.95. The van der Waals surface area contributed by atoms with Crippen LogP contribution in [0.2, 0.25) is 0 Å². The molecule has 0 atom stereocenters. The van der Waals surface area contributed by atoms with E-state index in [4.69, 9.17) is 18.9 Å². The summed E-state index contributed by atoms with van der Waals surface area (Å²) in [4.78, 5) is 44.3. The highest BCUT2D eigenvalue weighted by Crippen LogP contribution is 2.34. The maximum atomic E-state index is 12.9. The topological polar surface area (TPSA) is 150 Å². The first kappa shape index (κ1) is 48.9. The molecule has 8 aromatic rings. The number of carboxylic acids is 2. The monoisotopic (exact) mass is 1010 g/mol. The van der Waals surface area contributed by atoms with Crippen LogP contribution >= 0.6 is 22.7 Å². The molecule has 374 valence electrons. The van der Waals surface area contributed by atoms with Crippen LogP contribution in [0.1, 0.15) is 32.1 Å². The van der Waals surface area contributed by atoms with Gasteiger partial charge in [0.05, 0.1) is 30.7 Å². The summed E-state index contributed by atoms with van der Waals surface area (Å²) in [5.41, 5.74) is 1.92. The molecule has 0 amide bonds. The Morgan fingerprint density at radius 3 is 1.44 bits per heavy atom. The number of carbonyl (C=O) groups is 2. The van der Waals surface area contributed by atoms with Gasteiger partial charge in [0, 0.05) is 119 Å². The van der Waals surface area contributed by atoms with Gasteiger partial charge in [0.25, 0.3) is 0 Å². The third-order valence-corrected chi connectivity index (χ3v) is 15.6. The van der Waals surface area contributed by atoms with Crippen LogP contribution in [0.4, 0.5) is 11.4 Å². The molecule has 2 aliphatic rings. The maximum absolute atomic E-state index is 12.9. The number of anilines is 2. The Morgan fingerprint density at radius 2 is 1.00 bits per heavy atom. The number of fused-ring (bicyclic) bond motifs is 4. The van der Waals surface area contributed by atoms with E-state index in [1.165, 1.54) is 31.5 Å². The summed E-state index contributed by atoms with van der Waals surface area (Å²) >= 11 is 3.58. The molecule has 0 bridgehead atoms. The molecule has 0 unspecified atom stereocenters. The number of ether oxygens (including phenoxy) is 4. The van der Waals surface area contributed by atoms with Gasteiger partial charge in [0.2, 0.25) is 11.8 Å². The van der Waals surface area contributed by atoms with E-state index < -0.39 is 37.0 Å². The zero-order valence-corrected chi connectivity index (χ0v) is 42.0. The Hall–Kier alpha value is -6.72. The third kappa shape index (κ3) is 11.8. The van der Waals surface area contributed by atoms with Gasteiger partial charge in [-0.2, -0.15) is 0 Å². The highest BCUT2D eigenvalue weighted by Gasteiger charge is 2.44. The van der Waals surface area contributed by atoms with Crippen LogP contribution < -0.4 is 28.7 Å². The maximum Gasteiger partial charge on any atom is 0.317 e. The van der Waals surface area contributed by atoms with Crippen molar-refractivity contribution >= 4 is 88.0 Å². The average Bonchev–Trinajstić information content (AvgIpc) is 4.10. The predicted molar refractivity (Wildman–Crippen MR) is 287 cm³/mol. The van der Waals surface area contributed by atoms with Gasteiger partial charge in [-0.15, -0.1) is 22.7 Å². The Kier molecular flexibility index (Phi) is 15.5. The van der Waals surface area contributed by atoms with Crippen molar-refractivity contribution in [1.82, 2.24) is 19.8 Å². The number of thiophene rings is 2. The molecular weight excluding hydrogens is 949 g/mol. The lowest BCUT2D eigenvalue weighted by Crippen LogP contribution is -2.46. The highest BCUT2D eigenvalue weighted by molar-refractivity contribution is 7.17. The first-order valence-corrected chi connectivity index (χ1v) is 26.7. The number of nitrogens with zero attached hydrogens (tertiary/aromatic N) is 6. The Morgan fingerprint density at radius 1 is 0.542 bits per heavy atom. The first-order chi connectivity index (χ1) is 35.2. The summed E-state index contributed by atoms with van der Waals surface area (Å²) in [6, 6.07) is 35.8. The number of hydrogen-bond acceptors (Lipinski definition) is 14. The number of aromatic nitrogens is 2. The van der Waals surface area contributed by atoms with Crippen LogP contribution in [-0.4, -0.2) is 134 Å². The van der Waals surface area contributed by atoms with E-state index in [1.807, 2.05) is 48.5 Å². The lowest BCUT2D eigenvalue weighted by molar-refractivity contribution is -0.160. The predicted octanol–water partition coefficient (Wildman–Crippen LogP) is 10.2. The van der Waals surface area contributed by atoms with Gasteiger partial charge in [0.15, 0.2) is 0 Å². The van der Waals surface area contributed by atoms with Crippen LogP contribution in [-0.2, 0) is 9.59 Å². The lowest BCUT2D eigenvalue weighted by Gasteiger charge is -2.36. The normalized spacial score (nSPS) is 14.9. The summed E-state index contributed by atoms with van der Waals surface area (Å²) in [5.74, 6) is -1.03. The van der Waals surface area contributed by atoms with E-state index in [2.05, 4.69) is 88.9 Å². The molecule has 2 fully saturated rings. The molecule has 4 aromatic heterocycles. The molecule has 6 heterocycles. The fraction of sp³-hybridized carbons (Fsp3) is 0.357. The molecule has 0 aliphatic carbocycles. The van der Waals surface area contributed by atoms with Crippen molar-refractivity contribution < 1.29 is 38.7 Å². The Balaban J connectivity index is 0.673. The van der Waals surface area contributed by atoms with Crippen LogP contribution in [0.25, 0.3) is 42.0 Å². The second-order valence-corrected chi connectivity index (χ2v) is 20.6. The van der Waals surface area contributed by atoms with Gasteiger partial charge in [-0.05, 0) is 122 Å². The van der Waals surface area contributed by atoms with Crippen molar-refractivity contribution in [2.75, 3.05) is 102 Å². The van der Waals surface area contributed by atoms with Crippen LogP contribution in [0.3, 0.4) is 0 Å².